The molecule has 0 fully saturated rings. The number of carboxylic acids is 1. The van der Waals surface area contributed by atoms with E-state index in [1.807, 2.05) is 18.2 Å². The molecule has 96 valence electrons. The number of nitrogens with zero attached hydrogens (tertiary/aromatic N) is 1. The Kier molecular flexibility index (Phi) is 6.14. The molecule has 0 aliphatic carbocycles. The number of carboxylic acid groups (broad SMARTS) is 1. The first-order valence-corrected chi connectivity index (χ1v) is 6.53. The van der Waals surface area contributed by atoms with Crippen molar-refractivity contribution in [3.63, 3.8) is 0 Å². The van der Waals surface area contributed by atoms with E-state index in [-0.39, 0.29) is 11.5 Å². The second-order valence-electron chi connectivity index (χ2n) is 3.68. The lowest BCUT2D eigenvalue weighted by Crippen LogP contribution is -2.01. The summed E-state index contributed by atoms with van der Waals surface area (Å²) in [5.41, 5.74) is 1.48. The molecule has 0 saturated carbocycles. The summed E-state index contributed by atoms with van der Waals surface area (Å²) in [7, 11) is 0. The van der Waals surface area contributed by atoms with Gasteiger partial charge in [0.05, 0.1) is 12.1 Å². The highest BCUT2D eigenvalue weighted by molar-refractivity contribution is 8.13. The smallest absolute Gasteiger partial charge is 0.309 e. The molecular weight excluding hydrogens is 250 g/mol. The monoisotopic (exact) mass is 265 g/mol. The van der Waals surface area contributed by atoms with Gasteiger partial charge in [-0.05, 0) is 18.1 Å². The van der Waals surface area contributed by atoms with E-state index >= 15 is 0 Å². The van der Waals surface area contributed by atoms with Crippen LogP contribution in [0.3, 0.4) is 0 Å². The molecule has 0 saturated heterocycles. The molecule has 0 bridgehead atoms. The van der Waals surface area contributed by atoms with Gasteiger partial charge in [0.2, 0.25) is 0 Å². The van der Waals surface area contributed by atoms with E-state index in [2.05, 4.69) is 4.98 Å². The van der Waals surface area contributed by atoms with Crippen molar-refractivity contribution in [3.05, 3.63) is 35.7 Å². The summed E-state index contributed by atoms with van der Waals surface area (Å²) in [6.45, 7) is 1.56. The third-order valence-corrected chi connectivity index (χ3v) is 2.93. The van der Waals surface area contributed by atoms with E-state index in [1.54, 1.807) is 19.2 Å². The quantitative estimate of drug-likeness (QED) is 0.800. The molecule has 0 radical (unpaired) electrons. The summed E-state index contributed by atoms with van der Waals surface area (Å²) < 4.78 is 0. The summed E-state index contributed by atoms with van der Waals surface area (Å²) in [6.07, 6.45) is 6.30. The fourth-order valence-corrected chi connectivity index (χ4v) is 1.83. The van der Waals surface area contributed by atoms with Crippen molar-refractivity contribution in [2.24, 2.45) is 0 Å². The standard InChI is InChI=1S/C13H15NO3S/c1-10(15)18-7-3-2-4-11-5-6-12(14-9-11)8-13(16)17/h2,4-6,9H,3,7-8H2,1H3,(H,16,17). The SMILES string of the molecule is CC(=O)SCCC=Cc1ccc(CC(=O)O)nc1. The molecule has 0 atom stereocenters. The van der Waals surface area contributed by atoms with Gasteiger partial charge in [-0.3, -0.25) is 14.6 Å². The van der Waals surface area contributed by atoms with Crippen LogP contribution in [0.1, 0.15) is 24.6 Å². The van der Waals surface area contributed by atoms with Crippen LogP contribution in [-0.2, 0) is 16.0 Å². The zero-order valence-electron chi connectivity index (χ0n) is 10.1. The molecule has 0 aliphatic rings. The lowest BCUT2D eigenvalue weighted by atomic mass is 10.2. The number of pyridine rings is 1. The van der Waals surface area contributed by atoms with Crippen molar-refractivity contribution in [3.8, 4) is 0 Å². The number of aliphatic carboxylic acids is 1. The number of allylic oxidation sites excluding steroid dienone is 1. The first kappa shape index (κ1) is 14.4. The van der Waals surface area contributed by atoms with Crippen molar-refractivity contribution in [2.45, 2.75) is 19.8 Å². The molecule has 1 N–H and O–H groups in total. The van der Waals surface area contributed by atoms with Gasteiger partial charge in [0.25, 0.3) is 0 Å². The van der Waals surface area contributed by atoms with E-state index in [1.165, 1.54) is 11.8 Å². The Morgan fingerprint density at radius 1 is 1.44 bits per heavy atom. The average molecular weight is 265 g/mol. The largest absolute Gasteiger partial charge is 0.481 e. The van der Waals surface area contributed by atoms with Crippen molar-refractivity contribution in [2.75, 3.05) is 5.75 Å². The lowest BCUT2D eigenvalue weighted by Gasteiger charge is -1.97. The minimum Gasteiger partial charge on any atom is -0.481 e. The molecule has 0 aromatic carbocycles. The molecule has 1 aromatic heterocycles. The highest BCUT2D eigenvalue weighted by Gasteiger charge is 2.00. The Bertz CT molecular complexity index is 440. The maximum absolute atomic E-state index is 10.7. The number of hydrogen-bond donors (Lipinski definition) is 1. The van der Waals surface area contributed by atoms with Crippen LogP contribution in [0, 0.1) is 0 Å². The van der Waals surface area contributed by atoms with E-state index in [0.29, 0.717) is 5.69 Å². The summed E-state index contributed by atoms with van der Waals surface area (Å²) in [6, 6.07) is 3.54. The van der Waals surface area contributed by atoms with Crippen LogP contribution in [0.25, 0.3) is 6.08 Å². The topological polar surface area (TPSA) is 67.3 Å². The maximum Gasteiger partial charge on any atom is 0.309 e. The Morgan fingerprint density at radius 3 is 2.78 bits per heavy atom. The normalized spacial score (nSPS) is 10.7. The molecule has 0 amide bonds. The van der Waals surface area contributed by atoms with E-state index in [4.69, 9.17) is 5.11 Å². The summed E-state index contributed by atoms with van der Waals surface area (Å²) in [5, 5.41) is 8.73. The molecule has 1 heterocycles. The molecule has 4 nitrogen and oxygen atoms in total. The number of carbonyl (C=O) groups is 2. The number of aromatic nitrogens is 1. The van der Waals surface area contributed by atoms with Crippen LogP contribution in [0.4, 0.5) is 0 Å². The second-order valence-corrected chi connectivity index (χ2v) is 4.96. The molecule has 1 aromatic rings. The minimum absolute atomic E-state index is 0.0563. The summed E-state index contributed by atoms with van der Waals surface area (Å²) in [4.78, 5) is 25.2. The zero-order chi connectivity index (χ0) is 13.4. The Morgan fingerprint density at radius 2 is 2.22 bits per heavy atom. The van der Waals surface area contributed by atoms with Gasteiger partial charge in [0.15, 0.2) is 5.12 Å². The highest BCUT2D eigenvalue weighted by atomic mass is 32.2. The first-order valence-electron chi connectivity index (χ1n) is 5.54. The molecular formula is C13H15NO3S. The number of thioether (sulfide) groups is 1. The van der Waals surface area contributed by atoms with Crippen molar-refractivity contribution in [1.29, 1.82) is 0 Å². The molecule has 1 rings (SSSR count). The predicted molar refractivity (Wildman–Crippen MR) is 72.4 cm³/mol. The Hall–Kier alpha value is -1.62. The Balaban J connectivity index is 2.40. The van der Waals surface area contributed by atoms with E-state index < -0.39 is 5.97 Å². The average Bonchev–Trinajstić information content (AvgIpc) is 2.30. The third kappa shape index (κ3) is 6.20. The second kappa shape index (κ2) is 7.66. The van der Waals surface area contributed by atoms with Crippen LogP contribution in [0.5, 0.6) is 0 Å². The van der Waals surface area contributed by atoms with E-state index in [9.17, 15) is 9.59 Å². The third-order valence-electron chi connectivity index (χ3n) is 2.08. The minimum atomic E-state index is -0.882. The molecule has 18 heavy (non-hydrogen) atoms. The zero-order valence-corrected chi connectivity index (χ0v) is 10.9. The number of rotatable bonds is 6. The summed E-state index contributed by atoms with van der Waals surface area (Å²) in [5.74, 6) is -0.108. The van der Waals surface area contributed by atoms with Gasteiger partial charge in [0, 0.05) is 18.9 Å². The Labute approximate surface area is 110 Å². The lowest BCUT2D eigenvalue weighted by molar-refractivity contribution is -0.136. The maximum atomic E-state index is 10.7. The molecule has 0 aliphatic heterocycles. The van der Waals surface area contributed by atoms with Crippen molar-refractivity contribution in [1.82, 2.24) is 4.98 Å². The molecule has 0 unspecified atom stereocenters. The van der Waals surface area contributed by atoms with Crippen LogP contribution in [0.2, 0.25) is 0 Å². The van der Waals surface area contributed by atoms with Gasteiger partial charge in [-0.2, -0.15) is 0 Å². The van der Waals surface area contributed by atoms with Crippen molar-refractivity contribution >= 4 is 28.9 Å². The van der Waals surface area contributed by atoms with Crippen LogP contribution < -0.4 is 0 Å². The van der Waals surface area contributed by atoms with Gasteiger partial charge in [-0.25, -0.2) is 0 Å². The summed E-state index contributed by atoms with van der Waals surface area (Å²) >= 11 is 1.30. The molecule has 0 spiro atoms. The number of carbonyl (C=O) groups excluding carboxylic acids is 1. The molecule has 5 heteroatoms. The van der Waals surface area contributed by atoms with Gasteiger partial charge in [-0.1, -0.05) is 30.0 Å². The predicted octanol–water partition coefficient (Wildman–Crippen LogP) is 2.39. The van der Waals surface area contributed by atoms with Crippen LogP contribution in [-0.4, -0.2) is 26.9 Å². The van der Waals surface area contributed by atoms with Gasteiger partial charge in [-0.15, -0.1) is 0 Å². The van der Waals surface area contributed by atoms with E-state index in [0.717, 1.165) is 17.7 Å². The van der Waals surface area contributed by atoms with Gasteiger partial charge >= 0.3 is 5.97 Å². The fourth-order valence-electron chi connectivity index (χ4n) is 1.28. The highest BCUT2D eigenvalue weighted by Crippen LogP contribution is 2.07. The van der Waals surface area contributed by atoms with Crippen LogP contribution >= 0.6 is 11.8 Å². The van der Waals surface area contributed by atoms with Gasteiger partial charge in [0.1, 0.15) is 0 Å². The van der Waals surface area contributed by atoms with Crippen LogP contribution in [0.15, 0.2) is 24.4 Å². The van der Waals surface area contributed by atoms with Gasteiger partial charge < -0.3 is 5.11 Å². The fraction of sp³-hybridized carbons (Fsp3) is 0.308. The first-order chi connectivity index (χ1) is 8.58. The number of hydrogen-bond acceptors (Lipinski definition) is 4. The van der Waals surface area contributed by atoms with Crippen molar-refractivity contribution < 1.29 is 14.7 Å².